The van der Waals surface area contributed by atoms with Crippen molar-refractivity contribution in [1.29, 1.82) is 0 Å². The number of hydrogen-bond acceptors (Lipinski definition) is 5. The summed E-state index contributed by atoms with van der Waals surface area (Å²) in [6.07, 6.45) is 6.85. The molecule has 2 aromatic rings. The van der Waals surface area contributed by atoms with Gasteiger partial charge in [0.05, 0.1) is 5.25 Å². The van der Waals surface area contributed by atoms with Crippen LogP contribution in [0.3, 0.4) is 0 Å². The molecule has 4 amide bonds. The molecule has 2 atom stereocenters. The maximum absolute atomic E-state index is 13.4. The molecule has 3 aliphatic heterocycles. The Bertz CT molecular complexity index is 1160. The minimum atomic E-state index is -0.412. The average molecular weight is 539 g/mol. The van der Waals surface area contributed by atoms with Crippen molar-refractivity contribution in [2.45, 2.75) is 69.5 Å². The molecule has 4 heterocycles. The van der Waals surface area contributed by atoms with E-state index in [-0.39, 0.29) is 41.1 Å². The van der Waals surface area contributed by atoms with E-state index in [0.717, 1.165) is 42.8 Å². The molecule has 0 bridgehead atoms. The molecule has 1 aromatic heterocycles. The van der Waals surface area contributed by atoms with Crippen molar-refractivity contribution in [3.8, 4) is 0 Å². The lowest BCUT2D eigenvalue weighted by atomic mass is 9.92. The van der Waals surface area contributed by atoms with Crippen LogP contribution in [-0.2, 0) is 16.0 Å². The zero-order chi connectivity index (χ0) is 26.9. The number of likely N-dealkylation sites (tertiary alicyclic amines) is 1. The van der Waals surface area contributed by atoms with Crippen molar-refractivity contribution in [3.63, 3.8) is 0 Å². The van der Waals surface area contributed by atoms with Crippen LogP contribution in [0.15, 0.2) is 36.7 Å². The largest absolute Gasteiger partial charge is 0.346 e. The predicted octanol–water partition coefficient (Wildman–Crippen LogP) is 4.26. The van der Waals surface area contributed by atoms with E-state index >= 15 is 0 Å². The third-order valence-electron chi connectivity index (χ3n) is 7.75. The van der Waals surface area contributed by atoms with Gasteiger partial charge in [-0.05, 0) is 42.7 Å². The summed E-state index contributed by atoms with van der Waals surface area (Å²) in [4.78, 5) is 52.9. The van der Waals surface area contributed by atoms with Crippen LogP contribution in [0.5, 0.6) is 0 Å². The molecule has 0 radical (unpaired) electrons. The number of benzene rings is 1. The fourth-order valence-corrected chi connectivity index (χ4v) is 6.90. The Hall–Kier alpha value is -3.01. The number of anilines is 1. The van der Waals surface area contributed by atoms with Gasteiger partial charge in [0.15, 0.2) is 0 Å². The van der Waals surface area contributed by atoms with Crippen molar-refractivity contribution in [3.05, 3.63) is 48.0 Å². The van der Waals surface area contributed by atoms with Gasteiger partial charge in [0.25, 0.3) is 0 Å². The molecule has 9 nitrogen and oxygen atoms in total. The fraction of sp³-hybridized carbons (Fsp3) is 0.571. The van der Waals surface area contributed by atoms with E-state index in [2.05, 4.69) is 42.1 Å². The lowest BCUT2D eigenvalue weighted by molar-refractivity contribution is -0.137. The molecule has 0 aliphatic carbocycles. The predicted molar refractivity (Wildman–Crippen MR) is 149 cm³/mol. The first-order valence-corrected chi connectivity index (χ1v) is 14.5. The Kier molecular flexibility index (Phi) is 7.70. The Balaban J connectivity index is 1.17. The molecule has 0 spiro atoms. The molecule has 3 aliphatic rings. The minimum absolute atomic E-state index is 0.0119. The number of fused-ring (bicyclic) bond motifs is 1. The van der Waals surface area contributed by atoms with Gasteiger partial charge in [0, 0.05) is 56.7 Å². The molecule has 1 aromatic carbocycles. The topological polar surface area (TPSA) is 102 Å². The number of imidazole rings is 1. The third kappa shape index (κ3) is 5.85. The number of nitrogens with one attached hydrogen (secondary N) is 2. The number of piperidine rings is 1. The Morgan fingerprint density at radius 3 is 2.61 bits per heavy atom. The van der Waals surface area contributed by atoms with Gasteiger partial charge in [0.1, 0.15) is 11.2 Å². The van der Waals surface area contributed by atoms with Gasteiger partial charge >= 0.3 is 6.03 Å². The monoisotopic (exact) mass is 538 g/mol. The van der Waals surface area contributed by atoms with Gasteiger partial charge in [-0.25, -0.2) is 9.78 Å². The van der Waals surface area contributed by atoms with Crippen LogP contribution in [-0.4, -0.2) is 80.0 Å². The van der Waals surface area contributed by atoms with Gasteiger partial charge in [-0.15, -0.1) is 11.8 Å². The number of rotatable bonds is 6. The molecular weight excluding hydrogens is 500 g/mol. The van der Waals surface area contributed by atoms with Crippen LogP contribution in [0.1, 0.15) is 63.2 Å². The van der Waals surface area contributed by atoms with Crippen molar-refractivity contribution >= 4 is 35.3 Å². The number of para-hydroxylation sites is 1. The average Bonchev–Trinajstić information content (AvgIpc) is 3.48. The van der Waals surface area contributed by atoms with Gasteiger partial charge in [0.2, 0.25) is 11.8 Å². The summed E-state index contributed by atoms with van der Waals surface area (Å²) in [5, 5.41) is 2.44. The fourth-order valence-electron chi connectivity index (χ4n) is 5.48. The van der Waals surface area contributed by atoms with E-state index in [1.807, 2.05) is 32.9 Å². The van der Waals surface area contributed by atoms with Gasteiger partial charge < -0.3 is 25.0 Å². The summed E-state index contributed by atoms with van der Waals surface area (Å²) in [6, 6.07) is 7.98. The first-order valence-electron chi connectivity index (χ1n) is 13.6. The van der Waals surface area contributed by atoms with Crippen molar-refractivity contribution in [2.75, 3.05) is 31.5 Å². The molecule has 10 heteroatoms. The molecule has 38 heavy (non-hydrogen) atoms. The number of carbonyl (C=O) groups is 3. The number of aromatic nitrogens is 2. The van der Waals surface area contributed by atoms with Crippen molar-refractivity contribution in [1.82, 2.24) is 24.7 Å². The number of amides is 4. The second-order valence-electron chi connectivity index (χ2n) is 11.6. The number of aromatic amines is 1. The summed E-state index contributed by atoms with van der Waals surface area (Å²) >= 11 is 1.52. The van der Waals surface area contributed by atoms with Crippen LogP contribution < -0.4 is 5.32 Å². The van der Waals surface area contributed by atoms with E-state index in [4.69, 9.17) is 0 Å². The highest BCUT2D eigenvalue weighted by Gasteiger charge is 2.44. The van der Waals surface area contributed by atoms with Crippen LogP contribution in [0, 0.1) is 5.41 Å². The second-order valence-corrected chi connectivity index (χ2v) is 12.9. The van der Waals surface area contributed by atoms with E-state index in [1.54, 1.807) is 12.4 Å². The standard InChI is InChI=1S/C28H38N6O3S/c1-28(2,3)11-17-34-25(36)22(38-26(34)24-29-12-13-30-24)18-23(35)32-14-9-20(10-15-32)33-16-8-19-6-4-5-7-21(19)31-27(33)37/h4-7,12-13,20,22,26H,8-11,14-18H2,1-3H3,(H,29,30)(H,31,37). The molecule has 2 N–H and O–H groups in total. The number of nitrogens with zero attached hydrogens (tertiary/aromatic N) is 4. The molecule has 2 fully saturated rings. The molecule has 0 saturated carbocycles. The maximum Gasteiger partial charge on any atom is 0.322 e. The molecule has 2 unspecified atom stereocenters. The Morgan fingerprint density at radius 1 is 1.13 bits per heavy atom. The highest BCUT2D eigenvalue weighted by Crippen LogP contribution is 2.44. The first-order chi connectivity index (χ1) is 18.2. The summed E-state index contributed by atoms with van der Waals surface area (Å²) < 4.78 is 0. The normalized spacial score (nSPS) is 22.9. The molecule has 204 valence electrons. The van der Waals surface area contributed by atoms with Crippen molar-refractivity contribution < 1.29 is 14.4 Å². The van der Waals surface area contributed by atoms with Crippen LogP contribution >= 0.6 is 11.8 Å². The Labute approximate surface area is 228 Å². The molecular formula is C28H38N6O3S. The van der Waals surface area contributed by atoms with E-state index in [0.29, 0.717) is 26.2 Å². The maximum atomic E-state index is 13.4. The van der Waals surface area contributed by atoms with Crippen molar-refractivity contribution in [2.24, 2.45) is 5.41 Å². The number of H-pyrrole nitrogens is 1. The smallest absolute Gasteiger partial charge is 0.322 e. The highest BCUT2D eigenvalue weighted by atomic mass is 32.2. The molecule has 5 rings (SSSR count). The summed E-state index contributed by atoms with van der Waals surface area (Å²) in [5.74, 6) is 0.786. The summed E-state index contributed by atoms with van der Waals surface area (Å²) in [6.45, 7) is 9.01. The van der Waals surface area contributed by atoms with Gasteiger partial charge in [-0.2, -0.15) is 0 Å². The lowest BCUT2D eigenvalue weighted by Crippen LogP contribution is -2.50. The van der Waals surface area contributed by atoms with Crippen LogP contribution in [0.25, 0.3) is 0 Å². The second kappa shape index (κ2) is 11.0. The number of hydrogen-bond donors (Lipinski definition) is 2. The first kappa shape index (κ1) is 26.6. The number of urea groups is 1. The zero-order valence-electron chi connectivity index (χ0n) is 22.5. The summed E-state index contributed by atoms with van der Waals surface area (Å²) in [5.41, 5.74) is 2.14. The van der Waals surface area contributed by atoms with Gasteiger partial charge in [-0.1, -0.05) is 39.0 Å². The molecule has 2 saturated heterocycles. The minimum Gasteiger partial charge on any atom is -0.346 e. The highest BCUT2D eigenvalue weighted by molar-refractivity contribution is 8.01. The third-order valence-corrected chi connectivity index (χ3v) is 9.18. The van der Waals surface area contributed by atoms with E-state index in [9.17, 15) is 14.4 Å². The lowest BCUT2D eigenvalue weighted by Gasteiger charge is -2.38. The van der Waals surface area contributed by atoms with E-state index in [1.165, 1.54) is 11.8 Å². The number of thioether (sulfide) groups is 1. The van der Waals surface area contributed by atoms with E-state index < -0.39 is 5.25 Å². The number of carbonyl (C=O) groups excluding carboxylic acids is 3. The SMILES string of the molecule is CC(C)(C)CCN1C(=O)C(CC(=O)N2CCC(N3CCc4ccccc4NC3=O)CC2)SC1c1ncc[nH]1. The van der Waals surface area contributed by atoms with Gasteiger partial charge in [-0.3, -0.25) is 9.59 Å². The van der Waals surface area contributed by atoms with Crippen LogP contribution in [0.4, 0.5) is 10.5 Å². The Morgan fingerprint density at radius 2 is 1.89 bits per heavy atom. The quantitative estimate of drug-likeness (QED) is 0.572. The van der Waals surface area contributed by atoms with Crippen LogP contribution in [0.2, 0.25) is 0 Å². The summed E-state index contributed by atoms with van der Waals surface area (Å²) in [7, 11) is 0. The zero-order valence-corrected chi connectivity index (χ0v) is 23.3.